The van der Waals surface area contributed by atoms with E-state index in [4.69, 9.17) is 32.8 Å². The van der Waals surface area contributed by atoms with Crippen LogP contribution in [0.1, 0.15) is 167 Å². The van der Waals surface area contributed by atoms with Crippen LogP contribution in [0, 0.1) is 22.7 Å². The zero-order chi connectivity index (χ0) is 85.3. The Hall–Kier alpha value is -12.2. The Labute approximate surface area is 674 Å². The molecule has 10 amide bonds. The first-order chi connectivity index (χ1) is 55.2. The lowest BCUT2D eigenvalue weighted by molar-refractivity contribution is -0.146. The predicted octanol–water partition coefficient (Wildman–Crippen LogP) is 3.46. The minimum Gasteiger partial charge on any atom is -0.481 e. The lowest BCUT2D eigenvalue weighted by Gasteiger charge is -2.30. The minimum atomic E-state index is -1.92. The summed E-state index contributed by atoms with van der Waals surface area (Å²) < 4.78 is 5.68. The summed E-state index contributed by atoms with van der Waals surface area (Å²) in [6.45, 7) is 14.5. The molecule has 0 radical (unpaired) electrons. The highest BCUT2D eigenvalue weighted by Crippen LogP contribution is 2.44. The van der Waals surface area contributed by atoms with Gasteiger partial charge in [0.2, 0.25) is 59.1 Å². The van der Waals surface area contributed by atoms with Crippen LogP contribution in [0.2, 0.25) is 0 Å². The Balaban J connectivity index is 1.12. The number of amides is 10. The van der Waals surface area contributed by atoms with E-state index in [-0.39, 0.29) is 115 Å². The van der Waals surface area contributed by atoms with Crippen molar-refractivity contribution in [2.24, 2.45) is 29.0 Å². The van der Waals surface area contributed by atoms with Crippen LogP contribution in [0.15, 0.2) is 127 Å². The molecule has 6 rings (SSSR count). The molecule has 0 spiro atoms. The van der Waals surface area contributed by atoms with E-state index in [0.29, 0.717) is 18.5 Å². The monoisotopic (exact) mass is 1600 g/mol. The molecule has 11 atom stereocenters. The van der Waals surface area contributed by atoms with Crippen molar-refractivity contribution >= 4 is 105 Å². The number of aliphatic hydroxyl groups is 1. The molecule has 1 aromatic heterocycles. The van der Waals surface area contributed by atoms with Gasteiger partial charge in [-0.25, -0.2) is 0 Å². The third kappa shape index (κ3) is 29.0. The number of nitrogens with zero attached hydrogens (tertiary/aromatic N) is 1. The Morgan fingerprint density at radius 3 is 1.75 bits per heavy atom. The van der Waals surface area contributed by atoms with Crippen molar-refractivity contribution < 1.29 is 82.1 Å². The van der Waals surface area contributed by atoms with E-state index in [2.05, 4.69) is 66.0 Å². The molecule has 1 aliphatic carbocycles. The second kappa shape index (κ2) is 46.3. The van der Waals surface area contributed by atoms with Gasteiger partial charge in [-0.1, -0.05) is 109 Å². The first-order valence-electron chi connectivity index (χ1n) is 38.9. The van der Waals surface area contributed by atoms with Crippen LogP contribution in [-0.4, -0.2) is 195 Å². The number of benzene rings is 3. The standard InChI is InChI=1S/C83H112N16O17/c1-8-20-51(42-69(102)60(34-32-47(3)4)92-71(103)36-37-73(106)116-46-58-56-25-13-11-23-54(56)55-24-12-14-26-57(55)58)75(108)98-66(45-100)80(113)97-65(44-72(104)105)82(115)99-39-19-30-67(99)81(114)96-63(29-18-38-89-83(87)88)79(112)95-64(35-33-48(5)6)77(110)90-49(7)68(101)43-52(41-53-40-50-22-10-15-27-59(50)91-53)76(109)94-62(28-16-17-31-70(84)85)78(111)93-61(21-9-2)74(86)107/h8-15,22-27,32-33,40,49,51-52,58,60-67,91,100H,1-2,16-21,28-31,34-39,41-46H2,3-7H3,(H3,84,85)(H2,86,107)(H,90,110)(H,92,103)(H,93,111)(H,94,109)(H,95,112)(H,96,114)(H,97,113)(H,98,108)(H,104,105)(H4,87,88,89)/t49-,51+,52+,60-,61-,62-,63-,64-,65-,66-,67?/m0/s1. The second-order valence-electron chi connectivity index (χ2n) is 29.7. The maximum atomic E-state index is 14.7. The summed E-state index contributed by atoms with van der Waals surface area (Å²) in [6, 6.07) is 11.7. The number of aliphatic carboxylic acids is 1. The van der Waals surface area contributed by atoms with Crippen molar-refractivity contribution in [3.05, 3.63) is 144 Å². The molecule has 1 fully saturated rings. The van der Waals surface area contributed by atoms with Gasteiger partial charge in [-0.15, -0.1) is 13.2 Å². The van der Waals surface area contributed by atoms with Crippen LogP contribution < -0.4 is 65.1 Å². The Morgan fingerprint density at radius 2 is 1.15 bits per heavy atom. The number of carbonyl (C=O) groups excluding carboxylic acids is 13. The number of nitrogens with one attached hydrogen (secondary N) is 12. The Bertz CT molecular complexity index is 4240. The molecule has 1 saturated heterocycles. The number of aliphatic hydroxyl groups excluding tert-OH is 1. The summed E-state index contributed by atoms with van der Waals surface area (Å²) in [5, 5.41) is 60.1. The molecule has 0 saturated carbocycles. The molecule has 2 heterocycles. The van der Waals surface area contributed by atoms with Crippen LogP contribution in [0.4, 0.5) is 0 Å². The number of H-pyrrole nitrogens is 1. The number of carboxylic acid groups (broad SMARTS) is 1. The Kier molecular flexibility index (Phi) is 37.0. The van der Waals surface area contributed by atoms with E-state index in [1.54, 1.807) is 45.9 Å². The fourth-order valence-corrected chi connectivity index (χ4v) is 13.7. The fraction of sp³-hybridized carbons (Fsp3) is 0.470. The second-order valence-corrected chi connectivity index (χ2v) is 29.7. The minimum absolute atomic E-state index is 0.00667. The smallest absolute Gasteiger partial charge is 0.306 e. The molecule has 1 unspecified atom stereocenters. The summed E-state index contributed by atoms with van der Waals surface area (Å²) >= 11 is 0. The average Bonchev–Trinajstić information content (AvgIpc) is 1.62. The van der Waals surface area contributed by atoms with Crippen molar-refractivity contribution in [3.63, 3.8) is 0 Å². The van der Waals surface area contributed by atoms with Crippen LogP contribution in [-0.2, 0) is 78.3 Å². The number of Topliss-reactive ketones (excluding diaryl/α,β-unsaturated/α-hetero) is 2. The molecule has 33 nitrogen and oxygen atoms in total. The number of esters is 1. The SMILES string of the molecule is C=CC[C@H](CC(=O)[C@H](CC=C(C)C)NC(=O)CCC(=O)OCC1c2ccccc2-c2ccccc21)C(=O)N[C@@H](CO)C(=O)N[C@@H](CC(=O)O)C(=O)N1CCCC1C(=O)N[C@@H](CCCNC(=N)N)C(=O)N[C@@H](CC=C(C)C)C(=O)N[C@@H](C)C(=O)C[C@@H](Cc1cc2ccccc2[nH]1)C(=O)N[C@@H](CCCCC(=N)N)C(=O)N[C@@H](CC=C)C(N)=O. The van der Waals surface area contributed by atoms with Gasteiger partial charge in [0.15, 0.2) is 17.5 Å². The van der Waals surface area contributed by atoms with Gasteiger partial charge in [-0.05, 0) is 145 Å². The number of carboxylic acids is 1. The molecule has 626 valence electrons. The summed E-state index contributed by atoms with van der Waals surface area (Å²) in [5.41, 5.74) is 23.6. The summed E-state index contributed by atoms with van der Waals surface area (Å²) in [7, 11) is 0. The molecule has 20 N–H and O–H groups in total. The number of aromatic amines is 1. The quantitative estimate of drug-likeness (QED) is 0.00989. The van der Waals surface area contributed by atoms with Gasteiger partial charge >= 0.3 is 11.9 Å². The first kappa shape index (κ1) is 92.7. The van der Waals surface area contributed by atoms with Gasteiger partial charge in [0.25, 0.3) is 0 Å². The van der Waals surface area contributed by atoms with E-state index >= 15 is 0 Å². The van der Waals surface area contributed by atoms with Gasteiger partial charge < -0.3 is 89.9 Å². The number of carbonyl (C=O) groups is 14. The first-order valence-corrected chi connectivity index (χ1v) is 38.9. The number of amidine groups is 1. The molecule has 2 aliphatic rings. The molecule has 0 bridgehead atoms. The lowest BCUT2D eigenvalue weighted by atomic mass is 9.92. The normalized spacial score (nSPS) is 15.3. The summed E-state index contributed by atoms with van der Waals surface area (Å²) in [6.07, 6.45) is 3.99. The number of allylic oxidation sites excluding steroid dienone is 3. The number of ketones is 2. The van der Waals surface area contributed by atoms with E-state index in [1.165, 1.54) is 19.1 Å². The zero-order valence-corrected chi connectivity index (χ0v) is 66.4. The number of hydrogen-bond acceptors (Lipinski definition) is 18. The average molecular weight is 1610 g/mol. The van der Waals surface area contributed by atoms with Crippen molar-refractivity contribution in [2.75, 3.05) is 26.3 Å². The predicted molar refractivity (Wildman–Crippen MR) is 434 cm³/mol. The third-order valence-electron chi connectivity index (χ3n) is 19.9. The highest BCUT2D eigenvalue weighted by Gasteiger charge is 2.42. The summed E-state index contributed by atoms with van der Waals surface area (Å²) in [4.78, 5) is 199. The number of ether oxygens (including phenoxy) is 1. The van der Waals surface area contributed by atoms with Gasteiger partial charge in [0, 0.05) is 61.8 Å². The van der Waals surface area contributed by atoms with Gasteiger partial charge in [-0.3, -0.25) is 77.9 Å². The van der Waals surface area contributed by atoms with Gasteiger partial charge in [0.05, 0.1) is 43.3 Å². The van der Waals surface area contributed by atoms with Crippen molar-refractivity contribution in [3.8, 4) is 11.1 Å². The van der Waals surface area contributed by atoms with Crippen molar-refractivity contribution in [2.45, 2.75) is 210 Å². The van der Waals surface area contributed by atoms with Gasteiger partial charge in [-0.2, -0.15) is 0 Å². The number of rotatable bonds is 50. The van der Waals surface area contributed by atoms with Crippen molar-refractivity contribution in [1.29, 1.82) is 10.8 Å². The maximum Gasteiger partial charge on any atom is 0.306 e. The molecule has 116 heavy (non-hydrogen) atoms. The topological polar surface area (TPSA) is 542 Å². The third-order valence-corrected chi connectivity index (χ3v) is 19.9. The zero-order valence-electron chi connectivity index (χ0n) is 66.4. The fourth-order valence-electron chi connectivity index (χ4n) is 13.7. The highest BCUT2D eigenvalue weighted by molar-refractivity contribution is 6.00. The number of unbranched alkanes of at least 4 members (excludes halogenated alkanes) is 1. The number of guanidine groups is 1. The number of primary amides is 1. The largest absolute Gasteiger partial charge is 0.481 e. The molecular formula is C83H112N16O17. The maximum absolute atomic E-state index is 14.7. The molecular weight excluding hydrogens is 1490 g/mol. The number of hydrogen-bond donors (Lipinski definition) is 17. The van der Waals surface area contributed by atoms with E-state index in [0.717, 1.165) is 49.2 Å². The van der Waals surface area contributed by atoms with E-state index in [1.807, 2.05) is 72.8 Å². The molecule has 33 heteroatoms. The highest BCUT2D eigenvalue weighted by atomic mass is 16.5. The number of nitrogens with two attached hydrogens (primary N) is 3. The molecule has 4 aromatic rings. The Morgan fingerprint density at radius 1 is 0.595 bits per heavy atom. The molecule has 3 aromatic carbocycles. The number of fused-ring (bicyclic) bond motifs is 4. The van der Waals surface area contributed by atoms with Crippen molar-refractivity contribution in [1.82, 2.24) is 57.7 Å². The van der Waals surface area contributed by atoms with Gasteiger partial charge in [0.1, 0.15) is 48.9 Å². The van der Waals surface area contributed by atoms with Crippen LogP contribution in [0.3, 0.4) is 0 Å². The number of aromatic nitrogens is 1. The summed E-state index contributed by atoms with van der Waals surface area (Å²) in [5.74, 6) is -15.5. The lowest BCUT2D eigenvalue weighted by Crippen LogP contribution is -2.59. The van der Waals surface area contributed by atoms with Crippen LogP contribution >= 0.6 is 0 Å². The van der Waals surface area contributed by atoms with E-state index < -0.39 is 181 Å². The molecule has 1 aliphatic heterocycles. The van der Waals surface area contributed by atoms with E-state index in [9.17, 15) is 77.3 Å². The number of likely N-dealkylation sites (tertiary alicyclic amines) is 1. The van der Waals surface area contributed by atoms with Crippen LogP contribution in [0.5, 0.6) is 0 Å². The van der Waals surface area contributed by atoms with Crippen LogP contribution in [0.25, 0.3) is 22.0 Å². The number of para-hydroxylation sites is 1.